The largest absolute Gasteiger partial charge is 0.359 e. The highest BCUT2D eigenvalue weighted by atomic mass is 32.2. The normalized spacial score (nSPS) is 11.7. The smallest absolute Gasteiger partial charge is 0.264 e. The standard InChI is InChI=1S/C18H18N2O4S/c1-13(12-18(22)15-6-4-3-5-7-15)19-16-8-10-17(11-9-16)25(23,24)20-14(2)21/h3-12,19H,1-2H3,(H,20,21). The molecule has 2 N–H and O–H groups in total. The van der Waals surface area contributed by atoms with Crippen LogP contribution in [0.15, 0.2) is 71.3 Å². The van der Waals surface area contributed by atoms with Crippen LogP contribution in [-0.2, 0) is 14.8 Å². The first-order chi connectivity index (χ1) is 11.8. The van der Waals surface area contributed by atoms with Crippen LogP contribution in [0.25, 0.3) is 0 Å². The summed E-state index contributed by atoms with van der Waals surface area (Å²) in [6, 6.07) is 14.7. The number of amides is 1. The Kier molecular flexibility index (Phi) is 5.71. The van der Waals surface area contributed by atoms with Crippen LogP contribution in [0.1, 0.15) is 24.2 Å². The van der Waals surface area contributed by atoms with E-state index in [0.717, 1.165) is 6.92 Å². The van der Waals surface area contributed by atoms with E-state index < -0.39 is 15.9 Å². The van der Waals surface area contributed by atoms with Gasteiger partial charge in [-0.15, -0.1) is 0 Å². The lowest BCUT2D eigenvalue weighted by Crippen LogP contribution is -2.28. The van der Waals surface area contributed by atoms with Gasteiger partial charge >= 0.3 is 0 Å². The summed E-state index contributed by atoms with van der Waals surface area (Å²) in [6.07, 6.45) is 1.47. The van der Waals surface area contributed by atoms with E-state index in [9.17, 15) is 18.0 Å². The number of hydrogen-bond acceptors (Lipinski definition) is 5. The maximum atomic E-state index is 12.1. The summed E-state index contributed by atoms with van der Waals surface area (Å²) >= 11 is 0. The Hall–Kier alpha value is -2.93. The highest BCUT2D eigenvalue weighted by Gasteiger charge is 2.14. The average Bonchev–Trinajstić information content (AvgIpc) is 2.55. The molecule has 0 radical (unpaired) electrons. The summed E-state index contributed by atoms with van der Waals surface area (Å²) < 4.78 is 25.6. The van der Waals surface area contributed by atoms with Crippen molar-refractivity contribution in [2.75, 3.05) is 5.32 Å². The average molecular weight is 358 g/mol. The summed E-state index contributed by atoms with van der Waals surface area (Å²) in [5.41, 5.74) is 1.82. The summed E-state index contributed by atoms with van der Waals surface area (Å²) in [4.78, 5) is 23.0. The first-order valence-corrected chi connectivity index (χ1v) is 8.94. The van der Waals surface area contributed by atoms with E-state index in [1.165, 1.54) is 18.2 Å². The third-order valence-corrected chi connectivity index (χ3v) is 4.64. The first kappa shape index (κ1) is 18.4. The minimum Gasteiger partial charge on any atom is -0.359 e. The van der Waals surface area contributed by atoms with Crippen LogP contribution in [0.4, 0.5) is 5.69 Å². The van der Waals surface area contributed by atoms with Crippen LogP contribution in [-0.4, -0.2) is 20.1 Å². The molecular formula is C18H18N2O4S. The number of anilines is 1. The van der Waals surface area contributed by atoms with Gasteiger partial charge in [0.25, 0.3) is 10.0 Å². The van der Waals surface area contributed by atoms with E-state index in [0.29, 0.717) is 16.9 Å². The van der Waals surface area contributed by atoms with Crippen LogP contribution in [0.2, 0.25) is 0 Å². The van der Waals surface area contributed by atoms with Crippen LogP contribution < -0.4 is 10.0 Å². The van der Waals surface area contributed by atoms with Crippen molar-refractivity contribution in [3.63, 3.8) is 0 Å². The molecule has 0 heterocycles. The van der Waals surface area contributed by atoms with E-state index in [2.05, 4.69) is 5.32 Å². The molecule has 0 bridgehead atoms. The summed E-state index contributed by atoms with van der Waals surface area (Å²) in [5, 5.41) is 3.02. The first-order valence-electron chi connectivity index (χ1n) is 7.46. The summed E-state index contributed by atoms with van der Waals surface area (Å²) in [6.45, 7) is 2.87. The molecule has 2 aromatic carbocycles. The topological polar surface area (TPSA) is 92.3 Å². The lowest BCUT2D eigenvalue weighted by Gasteiger charge is -2.08. The summed E-state index contributed by atoms with van der Waals surface area (Å²) in [7, 11) is -3.86. The van der Waals surface area contributed by atoms with Crippen molar-refractivity contribution < 1.29 is 18.0 Å². The molecule has 6 nitrogen and oxygen atoms in total. The van der Waals surface area contributed by atoms with Crippen LogP contribution >= 0.6 is 0 Å². The maximum Gasteiger partial charge on any atom is 0.264 e. The molecule has 7 heteroatoms. The van der Waals surface area contributed by atoms with Crippen molar-refractivity contribution in [1.29, 1.82) is 0 Å². The van der Waals surface area contributed by atoms with Crippen LogP contribution in [0, 0.1) is 0 Å². The second-order valence-electron chi connectivity index (χ2n) is 5.37. The summed E-state index contributed by atoms with van der Waals surface area (Å²) in [5.74, 6) is -0.782. The molecule has 25 heavy (non-hydrogen) atoms. The van der Waals surface area contributed by atoms with E-state index in [1.807, 2.05) is 10.8 Å². The minimum absolute atomic E-state index is 0.0183. The zero-order valence-electron chi connectivity index (χ0n) is 13.8. The zero-order chi connectivity index (χ0) is 18.4. The molecule has 0 aliphatic rings. The highest BCUT2D eigenvalue weighted by molar-refractivity contribution is 7.90. The number of ketones is 1. The Bertz CT molecular complexity index is 902. The fourth-order valence-corrected chi connectivity index (χ4v) is 3.10. The van der Waals surface area contributed by atoms with Gasteiger partial charge in [-0.2, -0.15) is 0 Å². The molecule has 1 amide bonds. The number of rotatable bonds is 6. The van der Waals surface area contributed by atoms with E-state index in [1.54, 1.807) is 43.3 Å². The van der Waals surface area contributed by atoms with Gasteiger partial charge in [0, 0.05) is 29.9 Å². The molecule has 0 aromatic heterocycles. The van der Waals surface area contributed by atoms with Gasteiger partial charge in [-0.05, 0) is 31.2 Å². The molecular weight excluding hydrogens is 340 g/mol. The Morgan fingerprint density at radius 1 is 0.920 bits per heavy atom. The predicted octanol–water partition coefficient (Wildman–Crippen LogP) is 2.71. The SMILES string of the molecule is CC(=O)NS(=O)(=O)c1ccc(NC(C)=CC(=O)c2ccccc2)cc1. The number of benzene rings is 2. The number of carbonyl (C=O) groups is 2. The molecule has 0 saturated heterocycles. The fraction of sp³-hybridized carbons (Fsp3) is 0.111. The van der Waals surface area contributed by atoms with Gasteiger partial charge in [0.05, 0.1) is 4.90 Å². The number of allylic oxidation sites excluding steroid dienone is 2. The molecule has 2 rings (SSSR count). The van der Waals surface area contributed by atoms with Crippen molar-refractivity contribution in [3.8, 4) is 0 Å². The van der Waals surface area contributed by atoms with E-state index >= 15 is 0 Å². The van der Waals surface area contributed by atoms with Gasteiger partial charge in [0.1, 0.15) is 0 Å². The Balaban J connectivity index is 2.09. The van der Waals surface area contributed by atoms with Gasteiger partial charge in [0.15, 0.2) is 5.78 Å². The van der Waals surface area contributed by atoms with Crippen molar-refractivity contribution in [2.24, 2.45) is 0 Å². The second-order valence-corrected chi connectivity index (χ2v) is 7.05. The molecule has 0 unspecified atom stereocenters. The monoisotopic (exact) mass is 358 g/mol. The maximum absolute atomic E-state index is 12.1. The lowest BCUT2D eigenvalue weighted by atomic mass is 10.1. The third kappa shape index (κ3) is 5.29. The zero-order valence-corrected chi connectivity index (χ0v) is 14.6. The fourth-order valence-electron chi connectivity index (χ4n) is 2.11. The van der Waals surface area contributed by atoms with Gasteiger partial charge < -0.3 is 5.32 Å². The van der Waals surface area contributed by atoms with Gasteiger partial charge in [-0.1, -0.05) is 30.3 Å². The highest BCUT2D eigenvalue weighted by Crippen LogP contribution is 2.16. The van der Waals surface area contributed by atoms with Crippen molar-refractivity contribution in [1.82, 2.24) is 4.72 Å². The number of carbonyl (C=O) groups excluding carboxylic acids is 2. The van der Waals surface area contributed by atoms with Crippen LogP contribution in [0.5, 0.6) is 0 Å². The minimum atomic E-state index is -3.86. The molecule has 0 spiro atoms. The third-order valence-electron chi connectivity index (χ3n) is 3.19. The quantitative estimate of drug-likeness (QED) is 0.612. The van der Waals surface area contributed by atoms with E-state index in [4.69, 9.17) is 0 Å². The molecule has 0 atom stereocenters. The molecule has 130 valence electrons. The van der Waals surface area contributed by atoms with Gasteiger partial charge in [-0.3, -0.25) is 9.59 Å². The van der Waals surface area contributed by atoms with Gasteiger partial charge in [-0.25, -0.2) is 13.1 Å². The number of hydrogen-bond donors (Lipinski definition) is 2. The molecule has 0 aliphatic heterocycles. The van der Waals surface area contributed by atoms with Crippen LogP contribution in [0.3, 0.4) is 0 Å². The van der Waals surface area contributed by atoms with Gasteiger partial charge in [0.2, 0.25) is 5.91 Å². The van der Waals surface area contributed by atoms with Crippen molar-refractivity contribution in [3.05, 3.63) is 71.9 Å². The second kappa shape index (κ2) is 7.76. The Labute approximate surface area is 146 Å². The molecule has 0 fully saturated rings. The van der Waals surface area contributed by atoms with Crippen molar-refractivity contribution in [2.45, 2.75) is 18.7 Å². The van der Waals surface area contributed by atoms with E-state index in [-0.39, 0.29) is 10.7 Å². The Morgan fingerprint density at radius 3 is 2.08 bits per heavy atom. The number of sulfonamides is 1. The predicted molar refractivity (Wildman–Crippen MR) is 95.6 cm³/mol. The molecule has 0 saturated carbocycles. The van der Waals surface area contributed by atoms with Crippen molar-refractivity contribution >= 4 is 27.4 Å². The molecule has 0 aliphatic carbocycles. The lowest BCUT2D eigenvalue weighted by molar-refractivity contribution is -0.117. The number of nitrogens with one attached hydrogen (secondary N) is 2. The molecule has 2 aromatic rings. The Morgan fingerprint density at radius 2 is 1.52 bits per heavy atom.